The fraction of sp³-hybridized carbons (Fsp3) is 0.958. The molecule has 0 saturated heterocycles. The number of carbonyl (C=O) groups is 1. The van der Waals surface area contributed by atoms with E-state index in [1.54, 1.807) is 11.8 Å². The molecule has 0 aromatic heterocycles. The first kappa shape index (κ1) is 28.6. The number of rotatable bonds is 19. The van der Waals surface area contributed by atoms with E-state index < -0.39 is 11.7 Å². The number of unbranched alkanes of at least 4 members (excludes halogenated alkanes) is 13. The monoisotopic (exact) mass is 431 g/mol. The molecule has 0 aliphatic rings. The molecular weight excluding hydrogens is 382 g/mol. The average Bonchev–Trinajstić information content (AvgIpc) is 2.65. The maximum absolute atomic E-state index is 11.7. The number of aliphatic hydroxyl groups excluding tert-OH is 1. The summed E-state index contributed by atoms with van der Waals surface area (Å²) >= 11 is 1.80. The number of thioether (sulfide) groups is 1. The van der Waals surface area contributed by atoms with Crippen molar-refractivity contribution < 1.29 is 14.6 Å². The quantitative estimate of drug-likeness (QED) is 0.214. The van der Waals surface area contributed by atoms with Gasteiger partial charge < -0.3 is 15.2 Å². The average molecular weight is 432 g/mol. The number of aliphatic hydroxyl groups is 1. The summed E-state index contributed by atoms with van der Waals surface area (Å²) < 4.78 is 5.23. The highest BCUT2D eigenvalue weighted by Gasteiger charge is 2.19. The molecule has 4 nitrogen and oxygen atoms in total. The van der Waals surface area contributed by atoms with Crippen molar-refractivity contribution in [2.45, 2.75) is 129 Å². The Labute approximate surface area is 185 Å². The van der Waals surface area contributed by atoms with Gasteiger partial charge in [-0.2, -0.15) is 11.8 Å². The maximum atomic E-state index is 11.7. The molecule has 29 heavy (non-hydrogen) atoms. The molecule has 0 bridgehead atoms. The summed E-state index contributed by atoms with van der Waals surface area (Å²) in [5.41, 5.74) is -0.508. The number of ether oxygens (including phenoxy) is 1. The molecule has 5 heteroatoms. The van der Waals surface area contributed by atoms with Crippen LogP contribution in [-0.4, -0.2) is 41.0 Å². The second kappa shape index (κ2) is 19.5. The molecule has 1 atom stereocenters. The van der Waals surface area contributed by atoms with E-state index in [4.69, 9.17) is 4.74 Å². The number of carbonyl (C=O) groups excluding carboxylic acids is 1. The van der Waals surface area contributed by atoms with Crippen molar-refractivity contribution in [3.8, 4) is 0 Å². The van der Waals surface area contributed by atoms with E-state index in [0.29, 0.717) is 0 Å². The van der Waals surface area contributed by atoms with Crippen molar-refractivity contribution in [2.24, 2.45) is 0 Å². The largest absolute Gasteiger partial charge is 0.444 e. The van der Waals surface area contributed by atoms with Gasteiger partial charge in [0.15, 0.2) is 0 Å². The van der Waals surface area contributed by atoms with Gasteiger partial charge in [-0.1, -0.05) is 90.4 Å². The van der Waals surface area contributed by atoms with Crippen molar-refractivity contribution in [1.29, 1.82) is 0 Å². The zero-order valence-electron chi connectivity index (χ0n) is 19.8. The zero-order chi connectivity index (χ0) is 21.8. The van der Waals surface area contributed by atoms with Crippen LogP contribution in [0.4, 0.5) is 4.79 Å². The van der Waals surface area contributed by atoms with Gasteiger partial charge in [0.25, 0.3) is 0 Å². The van der Waals surface area contributed by atoms with E-state index in [1.165, 1.54) is 89.9 Å². The topological polar surface area (TPSA) is 58.6 Å². The SMILES string of the molecule is CCCCCCCCCCCCCCCCSCC(CO)NC(=O)OC(C)(C)C. The van der Waals surface area contributed by atoms with E-state index in [1.807, 2.05) is 20.8 Å². The highest BCUT2D eigenvalue weighted by molar-refractivity contribution is 7.99. The molecule has 0 rings (SSSR count). The van der Waals surface area contributed by atoms with Crippen molar-refractivity contribution >= 4 is 17.9 Å². The van der Waals surface area contributed by atoms with Gasteiger partial charge in [-0.3, -0.25) is 0 Å². The highest BCUT2D eigenvalue weighted by Crippen LogP contribution is 2.14. The van der Waals surface area contributed by atoms with Crippen LogP contribution in [0.25, 0.3) is 0 Å². The van der Waals surface area contributed by atoms with Crippen LogP contribution in [0.3, 0.4) is 0 Å². The summed E-state index contributed by atoms with van der Waals surface area (Å²) in [5, 5.41) is 12.2. The molecule has 0 aromatic carbocycles. The first-order chi connectivity index (χ1) is 13.9. The number of amides is 1. The Balaban J connectivity index is 3.38. The summed E-state index contributed by atoms with van der Waals surface area (Å²) in [6, 6.07) is -0.235. The van der Waals surface area contributed by atoms with Gasteiger partial charge in [-0.15, -0.1) is 0 Å². The second-order valence-corrected chi connectivity index (χ2v) is 10.3. The summed E-state index contributed by atoms with van der Waals surface area (Å²) in [5.74, 6) is 1.82. The molecular formula is C24H49NO3S. The Morgan fingerprint density at radius 1 is 0.862 bits per heavy atom. The van der Waals surface area contributed by atoms with E-state index in [2.05, 4.69) is 12.2 Å². The Morgan fingerprint density at radius 2 is 1.31 bits per heavy atom. The van der Waals surface area contributed by atoms with Gasteiger partial charge in [0.2, 0.25) is 0 Å². The van der Waals surface area contributed by atoms with Gasteiger partial charge >= 0.3 is 6.09 Å². The minimum Gasteiger partial charge on any atom is -0.444 e. The minimum absolute atomic E-state index is 0.0506. The van der Waals surface area contributed by atoms with Crippen LogP contribution < -0.4 is 5.32 Å². The zero-order valence-corrected chi connectivity index (χ0v) is 20.6. The molecule has 0 heterocycles. The number of alkyl carbamates (subject to hydrolysis) is 1. The fourth-order valence-electron chi connectivity index (χ4n) is 3.24. The molecule has 0 saturated carbocycles. The standard InChI is InChI=1S/C24H49NO3S/c1-5-6-7-8-9-10-11-12-13-14-15-16-17-18-19-29-21-22(20-26)25-23(27)28-24(2,3)4/h22,26H,5-21H2,1-4H3,(H,25,27). The Kier molecular flexibility index (Phi) is 19.3. The summed E-state index contributed by atoms with van der Waals surface area (Å²) in [6.07, 6.45) is 18.8. The molecule has 0 aliphatic heterocycles. The van der Waals surface area contributed by atoms with Gasteiger partial charge in [0, 0.05) is 5.75 Å². The van der Waals surface area contributed by atoms with Gasteiger partial charge in [-0.05, 0) is 32.9 Å². The second-order valence-electron chi connectivity index (χ2n) is 9.20. The maximum Gasteiger partial charge on any atom is 0.407 e. The Bertz CT molecular complexity index is 372. The molecule has 0 aliphatic carbocycles. The van der Waals surface area contributed by atoms with Crippen LogP contribution >= 0.6 is 11.8 Å². The van der Waals surface area contributed by atoms with Crippen molar-refractivity contribution in [3.63, 3.8) is 0 Å². The fourth-order valence-corrected chi connectivity index (χ4v) is 4.29. The summed E-state index contributed by atoms with van der Waals surface area (Å²) in [6.45, 7) is 7.74. The van der Waals surface area contributed by atoms with Gasteiger partial charge in [0.05, 0.1) is 12.6 Å². The van der Waals surface area contributed by atoms with E-state index in [-0.39, 0.29) is 12.6 Å². The molecule has 0 radical (unpaired) electrons. The smallest absolute Gasteiger partial charge is 0.407 e. The Morgan fingerprint density at radius 3 is 1.72 bits per heavy atom. The van der Waals surface area contributed by atoms with Crippen LogP contribution in [0, 0.1) is 0 Å². The number of hydrogen-bond donors (Lipinski definition) is 2. The summed E-state index contributed by atoms with van der Waals surface area (Å²) in [7, 11) is 0. The van der Waals surface area contributed by atoms with Crippen LogP contribution in [-0.2, 0) is 4.74 Å². The molecule has 1 unspecified atom stereocenters. The van der Waals surface area contributed by atoms with Crippen molar-refractivity contribution in [3.05, 3.63) is 0 Å². The van der Waals surface area contributed by atoms with Crippen LogP contribution in [0.5, 0.6) is 0 Å². The first-order valence-corrected chi connectivity index (χ1v) is 13.2. The van der Waals surface area contributed by atoms with E-state index >= 15 is 0 Å². The lowest BCUT2D eigenvalue weighted by molar-refractivity contribution is 0.0491. The predicted molar refractivity (Wildman–Crippen MR) is 128 cm³/mol. The van der Waals surface area contributed by atoms with Gasteiger partial charge in [0.1, 0.15) is 5.60 Å². The lowest BCUT2D eigenvalue weighted by atomic mass is 10.0. The molecule has 2 N–H and O–H groups in total. The normalized spacial score (nSPS) is 12.7. The molecule has 174 valence electrons. The summed E-state index contributed by atoms with van der Waals surface area (Å²) in [4.78, 5) is 11.7. The van der Waals surface area contributed by atoms with Crippen LogP contribution in [0.15, 0.2) is 0 Å². The molecule has 1 amide bonds. The third-order valence-electron chi connectivity index (χ3n) is 4.90. The van der Waals surface area contributed by atoms with Crippen molar-refractivity contribution in [1.82, 2.24) is 5.32 Å². The number of nitrogens with one attached hydrogen (secondary N) is 1. The molecule has 0 fully saturated rings. The van der Waals surface area contributed by atoms with Crippen LogP contribution in [0.2, 0.25) is 0 Å². The van der Waals surface area contributed by atoms with Crippen molar-refractivity contribution in [2.75, 3.05) is 18.1 Å². The van der Waals surface area contributed by atoms with E-state index in [0.717, 1.165) is 11.5 Å². The van der Waals surface area contributed by atoms with Gasteiger partial charge in [-0.25, -0.2) is 4.79 Å². The predicted octanol–water partition coefficient (Wildman–Crippen LogP) is 7.09. The third-order valence-corrected chi connectivity index (χ3v) is 6.12. The first-order valence-electron chi connectivity index (χ1n) is 12.1. The third kappa shape index (κ3) is 22.1. The molecule has 0 aromatic rings. The lowest BCUT2D eigenvalue weighted by Crippen LogP contribution is -2.42. The van der Waals surface area contributed by atoms with E-state index in [9.17, 15) is 9.90 Å². The van der Waals surface area contributed by atoms with Crippen LogP contribution in [0.1, 0.15) is 118 Å². The minimum atomic E-state index is -0.508. The Hall–Kier alpha value is -0.420. The number of hydrogen-bond acceptors (Lipinski definition) is 4. The molecule has 0 spiro atoms. The lowest BCUT2D eigenvalue weighted by Gasteiger charge is -2.22. The highest BCUT2D eigenvalue weighted by atomic mass is 32.2.